The number of carboxylic acids is 1. The lowest BCUT2D eigenvalue weighted by molar-refractivity contribution is -0.137. The summed E-state index contributed by atoms with van der Waals surface area (Å²) in [6.07, 6.45) is 1.90. The molecule has 0 aromatic heterocycles. The molecule has 0 fully saturated rings. The summed E-state index contributed by atoms with van der Waals surface area (Å²) in [5.74, 6) is -0.711. The van der Waals surface area contributed by atoms with Crippen LogP contribution in [0.15, 0.2) is 24.3 Å². The van der Waals surface area contributed by atoms with Gasteiger partial charge in [-0.2, -0.15) is 0 Å². The van der Waals surface area contributed by atoms with E-state index in [-0.39, 0.29) is 11.8 Å². The third-order valence-electron chi connectivity index (χ3n) is 2.78. The smallest absolute Gasteiger partial charge is 0.303 e. The molecule has 1 aromatic carbocycles. The van der Waals surface area contributed by atoms with Crippen LogP contribution in [0.4, 0.5) is 0 Å². The zero-order valence-electron chi connectivity index (χ0n) is 10.3. The number of hydrogen-bond donors (Lipinski definition) is 1. The van der Waals surface area contributed by atoms with Crippen LogP contribution in [0.25, 0.3) is 0 Å². The summed E-state index contributed by atoms with van der Waals surface area (Å²) in [4.78, 5) is 10.6. The predicted molar refractivity (Wildman–Crippen MR) is 65.5 cm³/mol. The first kappa shape index (κ1) is 12.8. The number of carbonyl (C=O) groups is 1. The summed E-state index contributed by atoms with van der Waals surface area (Å²) in [7, 11) is 0. The Morgan fingerprint density at radius 3 is 2.62 bits per heavy atom. The van der Waals surface area contributed by atoms with Crippen molar-refractivity contribution in [2.75, 3.05) is 0 Å². The maximum atomic E-state index is 10.6. The molecule has 0 spiro atoms. The Morgan fingerprint density at radius 1 is 1.38 bits per heavy atom. The van der Waals surface area contributed by atoms with Crippen molar-refractivity contribution in [2.45, 2.75) is 40.0 Å². The van der Waals surface area contributed by atoms with Gasteiger partial charge in [0, 0.05) is 6.42 Å². The second kappa shape index (κ2) is 5.15. The topological polar surface area (TPSA) is 37.3 Å². The fourth-order valence-electron chi connectivity index (χ4n) is 1.91. The molecule has 1 N–H and O–H groups in total. The van der Waals surface area contributed by atoms with E-state index >= 15 is 0 Å². The van der Waals surface area contributed by atoms with Crippen molar-refractivity contribution in [1.29, 1.82) is 0 Å². The van der Waals surface area contributed by atoms with Crippen LogP contribution in [0, 0.1) is 12.3 Å². The highest BCUT2D eigenvalue weighted by molar-refractivity contribution is 5.66. The first-order valence-electron chi connectivity index (χ1n) is 5.66. The highest BCUT2D eigenvalue weighted by Gasteiger charge is 2.19. The highest BCUT2D eigenvalue weighted by Crippen LogP contribution is 2.27. The van der Waals surface area contributed by atoms with Crippen molar-refractivity contribution in [3.63, 3.8) is 0 Å². The summed E-state index contributed by atoms with van der Waals surface area (Å²) in [5.41, 5.74) is 2.59. The van der Waals surface area contributed by atoms with Gasteiger partial charge in [-0.25, -0.2) is 0 Å². The van der Waals surface area contributed by atoms with Crippen LogP contribution in [0.1, 0.15) is 37.8 Å². The van der Waals surface area contributed by atoms with E-state index in [1.54, 1.807) is 0 Å². The second-order valence-corrected chi connectivity index (χ2v) is 5.22. The van der Waals surface area contributed by atoms with Gasteiger partial charge in [-0.05, 0) is 30.7 Å². The average molecular weight is 220 g/mol. The number of benzene rings is 1. The second-order valence-electron chi connectivity index (χ2n) is 5.22. The van der Waals surface area contributed by atoms with Crippen molar-refractivity contribution < 1.29 is 9.90 Å². The molecular weight excluding hydrogens is 200 g/mol. The van der Waals surface area contributed by atoms with Gasteiger partial charge in [-0.1, -0.05) is 43.7 Å². The predicted octanol–water partition coefficient (Wildman–Crippen LogP) is 3.43. The molecule has 0 radical (unpaired) electrons. The molecule has 0 heterocycles. The standard InChI is InChI=1S/C14H20O2/c1-11-5-4-6-12(9-11)10-14(2,3)8-7-13(15)16/h4-6,9H,7-8,10H2,1-3H3,(H,15,16). The molecule has 16 heavy (non-hydrogen) atoms. The molecule has 2 nitrogen and oxygen atoms in total. The molecule has 2 heteroatoms. The van der Waals surface area contributed by atoms with Crippen molar-refractivity contribution in [2.24, 2.45) is 5.41 Å². The minimum Gasteiger partial charge on any atom is -0.481 e. The molecule has 88 valence electrons. The molecule has 0 unspecified atom stereocenters. The Morgan fingerprint density at radius 2 is 2.06 bits per heavy atom. The average Bonchev–Trinajstić information content (AvgIpc) is 2.14. The minimum atomic E-state index is -0.711. The summed E-state index contributed by atoms with van der Waals surface area (Å²) < 4.78 is 0. The van der Waals surface area contributed by atoms with E-state index in [9.17, 15) is 4.79 Å². The molecular formula is C14H20O2. The van der Waals surface area contributed by atoms with Gasteiger partial charge < -0.3 is 5.11 Å². The van der Waals surface area contributed by atoms with Gasteiger partial charge in [-0.15, -0.1) is 0 Å². The maximum Gasteiger partial charge on any atom is 0.303 e. The fraction of sp³-hybridized carbons (Fsp3) is 0.500. The van der Waals surface area contributed by atoms with E-state index < -0.39 is 5.97 Å². The van der Waals surface area contributed by atoms with Crippen LogP contribution < -0.4 is 0 Å². The summed E-state index contributed by atoms with van der Waals surface area (Å²) in [6.45, 7) is 6.32. The largest absolute Gasteiger partial charge is 0.481 e. The Balaban J connectivity index is 2.61. The van der Waals surface area contributed by atoms with Gasteiger partial charge in [-0.3, -0.25) is 4.79 Å². The van der Waals surface area contributed by atoms with Crippen LogP contribution in [-0.2, 0) is 11.2 Å². The van der Waals surface area contributed by atoms with Crippen molar-refractivity contribution >= 4 is 5.97 Å². The first-order chi connectivity index (χ1) is 7.39. The summed E-state index contributed by atoms with van der Waals surface area (Å²) >= 11 is 0. The van der Waals surface area contributed by atoms with Gasteiger partial charge >= 0.3 is 5.97 Å². The molecule has 1 rings (SSSR count). The third kappa shape index (κ3) is 4.47. The zero-order chi connectivity index (χ0) is 12.2. The lowest BCUT2D eigenvalue weighted by Gasteiger charge is -2.24. The first-order valence-corrected chi connectivity index (χ1v) is 5.66. The van der Waals surface area contributed by atoms with Gasteiger partial charge in [0.15, 0.2) is 0 Å². The van der Waals surface area contributed by atoms with Gasteiger partial charge in [0.2, 0.25) is 0 Å². The van der Waals surface area contributed by atoms with E-state index in [1.807, 2.05) is 0 Å². The molecule has 1 aromatic rings. The van der Waals surface area contributed by atoms with Crippen molar-refractivity contribution in [3.05, 3.63) is 35.4 Å². The van der Waals surface area contributed by atoms with Crippen LogP contribution in [0.5, 0.6) is 0 Å². The Kier molecular flexibility index (Phi) is 4.11. The lowest BCUT2D eigenvalue weighted by Crippen LogP contribution is -2.16. The summed E-state index contributed by atoms with van der Waals surface area (Å²) in [6, 6.07) is 8.41. The monoisotopic (exact) mass is 220 g/mol. The fourth-order valence-corrected chi connectivity index (χ4v) is 1.91. The number of carboxylic acid groups (broad SMARTS) is 1. The van der Waals surface area contributed by atoms with E-state index in [0.717, 1.165) is 12.8 Å². The quantitative estimate of drug-likeness (QED) is 0.825. The van der Waals surface area contributed by atoms with Gasteiger partial charge in [0.05, 0.1) is 0 Å². The molecule has 0 amide bonds. The molecule has 0 saturated heterocycles. The number of hydrogen-bond acceptors (Lipinski definition) is 1. The third-order valence-corrected chi connectivity index (χ3v) is 2.78. The SMILES string of the molecule is Cc1cccc(CC(C)(C)CCC(=O)O)c1. The maximum absolute atomic E-state index is 10.6. The normalized spacial score (nSPS) is 11.4. The van der Waals surface area contributed by atoms with Crippen molar-refractivity contribution in [1.82, 2.24) is 0 Å². The van der Waals surface area contributed by atoms with E-state index in [4.69, 9.17) is 5.11 Å². The number of aliphatic carboxylic acids is 1. The van der Waals surface area contributed by atoms with E-state index in [2.05, 4.69) is 45.0 Å². The lowest BCUT2D eigenvalue weighted by atomic mass is 9.81. The van der Waals surface area contributed by atoms with Crippen LogP contribution in [0.3, 0.4) is 0 Å². The Hall–Kier alpha value is -1.31. The molecule has 0 aliphatic rings. The van der Waals surface area contributed by atoms with E-state index in [1.165, 1.54) is 11.1 Å². The number of rotatable bonds is 5. The molecule has 0 bridgehead atoms. The zero-order valence-corrected chi connectivity index (χ0v) is 10.3. The number of aryl methyl sites for hydroxylation is 1. The minimum absolute atomic E-state index is 0.0478. The highest BCUT2D eigenvalue weighted by atomic mass is 16.4. The molecule has 0 atom stereocenters. The Labute approximate surface area is 97.3 Å². The molecule has 0 aliphatic carbocycles. The van der Waals surface area contributed by atoms with Gasteiger partial charge in [0.1, 0.15) is 0 Å². The van der Waals surface area contributed by atoms with Crippen molar-refractivity contribution in [3.8, 4) is 0 Å². The van der Waals surface area contributed by atoms with E-state index in [0.29, 0.717) is 0 Å². The molecule has 0 aliphatic heterocycles. The van der Waals surface area contributed by atoms with Crippen LogP contribution >= 0.6 is 0 Å². The Bertz CT molecular complexity index is 367. The molecule has 0 saturated carbocycles. The van der Waals surface area contributed by atoms with Gasteiger partial charge in [0.25, 0.3) is 0 Å². The van der Waals surface area contributed by atoms with Crippen LogP contribution in [-0.4, -0.2) is 11.1 Å². The summed E-state index contributed by atoms with van der Waals surface area (Å²) in [5, 5.41) is 8.69. The van der Waals surface area contributed by atoms with Crippen LogP contribution in [0.2, 0.25) is 0 Å².